The third-order valence-electron chi connectivity index (χ3n) is 2.35. The van der Waals surface area contributed by atoms with E-state index in [0.29, 0.717) is 12.6 Å². The van der Waals surface area contributed by atoms with Crippen molar-refractivity contribution in [2.45, 2.75) is 18.9 Å². The minimum atomic E-state index is 0. The van der Waals surface area contributed by atoms with E-state index in [4.69, 9.17) is 0 Å². The summed E-state index contributed by atoms with van der Waals surface area (Å²) in [4.78, 5) is 13.1. The molecule has 1 atom stereocenters. The molecular formula is C7H13ClN2O. The predicted molar refractivity (Wildman–Crippen MR) is 44.9 cm³/mol. The quantitative estimate of drug-likeness (QED) is 0.564. The van der Waals surface area contributed by atoms with Gasteiger partial charge in [0, 0.05) is 19.1 Å². The SMILES string of the molecule is Cl.O=C1CNC[C@@H]2CCCN12. The van der Waals surface area contributed by atoms with Crippen LogP contribution in [0.5, 0.6) is 0 Å². The van der Waals surface area contributed by atoms with Crippen molar-refractivity contribution in [3.63, 3.8) is 0 Å². The number of nitrogens with zero attached hydrogens (tertiary/aromatic N) is 1. The summed E-state index contributed by atoms with van der Waals surface area (Å²) in [5.41, 5.74) is 0. The Morgan fingerprint density at radius 3 is 3.09 bits per heavy atom. The first-order valence-electron chi connectivity index (χ1n) is 3.88. The zero-order valence-corrected chi connectivity index (χ0v) is 7.19. The van der Waals surface area contributed by atoms with Crippen LogP contribution in [0.2, 0.25) is 0 Å². The first-order chi connectivity index (χ1) is 4.88. The molecule has 2 saturated heterocycles. The smallest absolute Gasteiger partial charge is 0.236 e. The van der Waals surface area contributed by atoms with E-state index < -0.39 is 0 Å². The molecule has 3 nitrogen and oxygen atoms in total. The Kier molecular flexibility index (Phi) is 2.73. The minimum absolute atomic E-state index is 0. The van der Waals surface area contributed by atoms with Crippen molar-refractivity contribution < 1.29 is 4.79 Å². The summed E-state index contributed by atoms with van der Waals surface area (Å²) in [5, 5.41) is 3.11. The van der Waals surface area contributed by atoms with Crippen LogP contribution in [-0.4, -0.2) is 36.5 Å². The molecule has 0 spiro atoms. The van der Waals surface area contributed by atoms with Gasteiger partial charge >= 0.3 is 0 Å². The van der Waals surface area contributed by atoms with E-state index in [1.807, 2.05) is 4.90 Å². The highest BCUT2D eigenvalue weighted by Crippen LogP contribution is 2.18. The van der Waals surface area contributed by atoms with Gasteiger partial charge < -0.3 is 10.2 Å². The Hall–Kier alpha value is -0.280. The second kappa shape index (κ2) is 3.41. The molecule has 2 rings (SSSR count). The molecule has 0 unspecified atom stereocenters. The zero-order valence-electron chi connectivity index (χ0n) is 6.38. The number of halogens is 1. The highest BCUT2D eigenvalue weighted by atomic mass is 35.5. The van der Waals surface area contributed by atoms with Gasteiger partial charge in [0.2, 0.25) is 5.91 Å². The maximum absolute atomic E-state index is 11.1. The molecule has 0 bridgehead atoms. The lowest BCUT2D eigenvalue weighted by atomic mass is 10.2. The summed E-state index contributed by atoms with van der Waals surface area (Å²) in [6, 6.07) is 0.515. The van der Waals surface area contributed by atoms with Gasteiger partial charge in [-0.15, -0.1) is 12.4 Å². The summed E-state index contributed by atoms with van der Waals surface area (Å²) in [7, 11) is 0. The van der Waals surface area contributed by atoms with Crippen LogP contribution < -0.4 is 5.32 Å². The molecule has 0 saturated carbocycles. The molecule has 0 radical (unpaired) electrons. The fraction of sp³-hybridized carbons (Fsp3) is 0.857. The van der Waals surface area contributed by atoms with Crippen molar-refractivity contribution in [1.82, 2.24) is 10.2 Å². The highest BCUT2D eigenvalue weighted by molar-refractivity contribution is 5.85. The van der Waals surface area contributed by atoms with Crippen molar-refractivity contribution in [1.29, 1.82) is 0 Å². The van der Waals surface area contributed by atoms with Gasteiger partial charge in [-0.25, -0.2) is 0 Å². The van der Waals surface area contributed by atoms with E-state index in [2.05, 4.69) is 5.32 Å². The fourth-order valence-corrected chi connectivity index (χ4v) is 1.82. The third-order valence-corrected chi connectivity index (χ3v) is 2.35. The molecule has 1 N–H and O–H groups in total. The number of rotatable bonds is 0. The van der Waals surface area contributed by atoms with E-state index in [0.717, 1.165) is 13.1 Å². The number of piperazine rings is 1. The minimum Gasteiger partial charge on any atom is -0.337 e. The standard InChI is InChI=1S/C7H12N2O.ClH/c10-7-5-8-4-6-2-1-3-9(6)7;/h6,8H,1-5H2;1H/t6-;/m0./s1. The molecule has 2 aliphatic heterocycles. The van der Waals surface area contributed by atoms with E-state index in [-0.39, 0.29) is 18.3 Å². The average molecular weight is 177 g/mol. The number of hydrogen-bond acceptors (Lipinski definition) is 2. The van der Waals surface area contributed by atoms with Crippen molar-refractivity contribution >= 4 is 18.3 Å². The van der Waals surface area contributed by atoms with E-state index in [1.54, 1.807) is 0 Å². The molecule has 0 aliphatic carbocycles. The van der Waals surface area contributed by atoms with Crippen LogP contribution in [0.4, 0.5) is 0 Å². The van der Waals surface area contributed by atoms with Crippen LogP contribution in [0.25, 0.3) is 0 Å². The van der Waals surface area contributed by atoms with Gasteiger partial charge in [-0.05, 0) is 12.8 Å². The van der Waals surface area contributed by atoms with Crippen LogP contribution in [0.15, 0.2) is 0 Å². The Morgan fingerprint density at radius 2 is 2.36 bits per heavy atom. The number of hydrogen-bond donors (Lipinski definition) is 1. The molecule has 11 heavy (non-hydrogen) atoms. The van der Waals surface area contributed by atoms with Gasteiger partial charge in [0.1, 0.15) is 0 Å². The normalized spacial score (nSPS) is 29.6. The summed E-state index contributed by atoms with van der Waals surface area (Å²) < 4.78 is 0. The van der Waals surface area contributed by atoms with Gasteiger partial charge in [0.25, 0.3) is 0 Å². The Balaban J connectivity index is 0.000000605. The van der Waals surface area contributed by atoms with E-state index in [9.17, 15) is 4.79 Å². The Labute approximate surface area is 72.5 Å². The lowest BCUT2D eigenvalue weighted by Gasteiger charge is -2.29. The average Bonchev–Trinajstić information content (AvgIpc) is 2.36. The zero-order chi connectivity index (χ0) is 6.97. The molecule has 4 heteroatoms. The molecule has 0 aromatic rings. The van der Waals surface area contributed by atoms with E-state index >= 15 is 0 Å². The van der Waals surface area contributed by atoms with Crippen LogP contribution in [0, 0.1) is 0 Å². The third kappa shape index (κ3) is 1.49. The molecule has 1 amide bonds. The van der Waals surface area contributed by atoms with Crippen molar-refractivity contribution in [2.75, 3.05) is 19.6 Å². The fourth-order valence-electron chi connectivity index (χ4n) is 1.82. The topological polar surface area (TPSA) is 32.3 Å². The Bertz CT molecular complexity index is 163. The maximum atomic E-state index is 11.1. The number of carbonyl (C=O) groups excluding carboxylic acids is 1. The van der Waals surface area contributed by atoms with Gasteiger partial charge in [-0.2, -0.15) is 0 Å². The van der Waals surface area contributed by atoms with E-state index in [1.165, 1.54) is 12.8 Å². The molecule has 2 fully saturated rings. The first kappa shape index (κ1) is 8.81. The molecule has 0 aromatic carbocycles. The van der Waals surface area contributed by atoms with Crippen LogP contribution >= 0.6 is 12.4 Å². The predicted octanol–water partition coefficient (Wildman–Crippen LogP) is 0.00240. The summed E-state index contributed by atoms with van der Waals surface area (Å²) in [5.74, 6) is 0.286. The molecule has 64 valence electrons. The number of nitrogens with one attached hydrogen (secondary N) is 1. The summed E-state index contributed by atoms with van der Waals surface area (Å²) >= 11 is 0. The first-order valence-corrected chi connectivity index (χ1v) is 3.88. The summed E-state index contributed by atoms with van der Waals surface area (Å²) in [6.45, 7) is 2.55. The molecule has 2 aliphatic rings. The lowest BCUT2D eigenvalue weighted by Crippen LogP contribution is -2.51. The van der Waals surface area contributed by atoms with Gasteiger partial charge in [-0.1, -0.05) is 0 Å². The monoisotopic (exact) mass is 176 g/mol. The highest BCUT2D eigenvalue weighted by Gasteiger charge is 2.31. The number of carbonyl (C=O) groups is 1. The van der Waals surface area contributed by atoms with Crippen molar-refractivity contribution in [2.24, 2.45) is 0 Å². The molecular weight excluding hydrogens is 164 g/mol. The molecule has 2 heterocycles. The Morgan fingerprint density at radius 1 is 1.55 bits per heavy atom. The van der Waals surface area contributed by atoms with Crippen LogP contribution in [0.3, 0.4) is 0 Å². The maximum Gasteiger partial charge on any atom is 0.236 e. The van der Waals surface area contributed by atoms with Crippen LogP contribution in [0.1, 0.15) is 12.8 Å². The van der Waals surface area contributed by atoms with Gasteiger partial charge in [-0.3, -0.25) is 4.79 Å². The van der Waals surface area contributed by atoms with Crippen molar-refractivity contribution in [3.8, 4) is 0 Å². The second-order valence-corrected chi connectivity index (χ2v) is 3.01. The largest absolute Gasteiger partial charge is 0.337 e. The number of amides is 1. The van der Waals surface area contributed by atoms with Gasteiger partial charge in [0.05, 0.1) is 6.54 Å². The second-order valence-electron chi connectivity index (χ2n) is 3.01. The van der Waals surface area contributed by atoms with Gasteiger partial charge in [0.15, 0.2) is 0 Å². The summed E-state index contributed by atoms with van der Waals surface area (Å²) in [6.07, 6.45) is 2.39. The van der Waals surface area contributed by atoms with Crippen molar-refractivity contribution in [3.05, 3.63) is 0 Å². The van der Waals surface area contributed by atoms with Crippen LogP contribution in [-0.2, 0) is 4.79 Å². The lowest BCUT2D eigenvalue weighted by molar-refractivity contribution is -0.132. The molecule has 0 aromatic heterocycles. The number of fused-ring (bicyclic) bond motifs is 1.